The van der Waals surface area contributed by atoms with Gasteiger partial charge in [-0.25, -0.2) is 4.79 Å². The van der Waals surface area contributed by atoms with Crippen molar-refractivity contribution in [2.45, 2.75) is 103 Å². The number of rotatable bonds is 9. The Morgan fingerprint density at radius 2 is 1.38 bits per heavy atom. The normalized spacial score (nSPS) is 17.1. The van der Waals surface area contributed by atoms with Crippen LogP contribution in [0.1, 0.15) is 114 Å². The van der Waals surface area contributed by atoms with Gasteiger partial charge in [-0.2, -0.15) is 4.89 Å². The maximum absolute atomic E-state index is 12.3. The van der Waals surface area contributed by atoms with Crippen LogP contribution in [0.15, 0.2) is 24.3 Å². The number of hydrogen-bond acceptors (Lipinski definition) is 4. The second kappa shape index (κ2) is 15.3. The first kappa shape index (κ1) is 23.7. The van der Waals surface area contributed by atoms with Crippen LogP contribution in [0.5, 0.6) is 5.75 Å². The van der Waals surface area contributed by atoms with E-state index in [2.05, 4.69) is 6.92 Å². The highest BCUT2D eigenvalue weighted by Gasteiger charge is 2.16. The van der Waals surface area contributed by atoms with Crippen molar-refractivity contribution < 1.29 is 19.3 Å². The number of carbonyl (C=O) groups excluding carboxylic acids is 1. The van der Waals surface area contributed by atoms with Crippen LogP contribution in [0, 0.1) is 6.10 Å². The molecule has 2 rings (SSSR count). The van der Waals surface area contributed by atoms with E-state index in [9.17, 15) is 4.79 Å². The molecular formula is C25H39O4. The maximum Gasteiger partial charge on any atom is 0.373 e. The predicted octanol–water partition coefficient (Wildman–Crippen LogP) is 7.57. The molecule has 1 saturated carbocycles. The first-order valence-electron chi connectivity index (χ1n) is 11.8. The number of unbranched alkanes of at least 4 members (excludes halogenated alkanes) is 3. The summed E-state index contributed by atoms with van der Waals surface area (Å²) >= 11 is 0. The topological polar surface area (TPSA) is 44.8 Å². The summed E-state index contributed by atoms with van der Waals surface area (Å²) in [5, 5.41) is 0. The molecule has 0 N–H and O–H groups in total. The zero-order valence-corrected chi connectivity index (χ0v) is 18.3. The van der Waals surface area contributed by atoms with E-state index in [1.807, 2.05) is 12.1 Å². The Kier molecular flexibility index (Phi) is 12.5. The fourth-order valence-corrected chi connectivity index (χ4v) is 3.64. The average Bonchev–Trinajstić information content (AvgIpc) is 2.73. The van der Waals surface area contributed by atoms with Crippen molar-refractivity contribution in [3.05, 3.63) is 35.9 Å². The molecule has 1 aromatic carbocycles. The maximum atomic E-state index is 12.3. The summed E-state index contributed by atoms with van der Waals surface area (Å²) in [5.41, 5.74) is 0.483. The molecule has 0 saturated heterocycles. The minimum atomic E-state index is -0.446. The van der Waals surface area contributed by atoms with Gasteiger partial charge in [0.25, 0.3) is 0 Å². The number of hydrogen-bond donors (Lipinski definition) is 0. The first-order chi connectivity index (χ1) is 14.3. The zero-order valence-electron chi connectivity index (χ0n) is 18.3. The molecule has 29 heavy (non-hydrogen) atoms. The van der Waals surface area contributed by atoms with Crippen LogP contribution < -0.4 is 4.74 Å². The predicted molar refractivity (Wildman–Crippen MR) is 117 cm³/mol. The van der Waals surface area contributed by atoms with Crippen molar-refractivity contribution in [1.29, 1.82) is 0 Å². The van der Waals surface area contributed by atoms with Gasteiger partial charge in [-0.1, -0.05) is 84.0 Å². The Morgan fingerprint density at radius 1 is 0.793 bits per heavy atom. The summed E-state index contributed by atoms with van der Waals surface area (Å²) in [7, 11) is 0. The zero-order chi connectivity index (χ0) is 20.6. The van der Waals surface area contributed by atoms with Crippen molar-refractivity contribution in [3.8, 4) is 5.75 Å². The molecule has 0 bridgehead atoms. The molecule has 4 heteroatoms. The van der Waals surface area contributed by atoms with E-state index in [-0.39, 0.29) is 0 Å². The Bertz CT molecular complexity index is 528. The molecule has 0 aromatic heterocycles. The summed E-state index contributed by atoms with van der Waals surface area (Å²) in [6, 6.07) is 7.11. The third kappa shape index (κ3) is 10.7. The molecule has 1 aliphatic rings. The molecular weight excluding hydrogens is 364 g/mol. The molecule has 0 amide bonds. The number of benzene rings is 1. The van der Waals surface area contributed by atoms with Gasteiger partial charge in [0, 0.05) is 0 Å². The molecule has 1 fully saturated rings. The highest BCUT2D eigenvalue weighted by atomic mass is 17.2. The van der Waals surface area contributed by atoms with Crippen molar-refractivity contribution in [2.75, 3.05) is 6.61 Å². The van der Waals surface area contributed by atoms with Crippen LogP contribution >= 0.6 is 0 Å². The molecule has 0 aliphatic heterocycles. The van der Waals surface area contributed by atoms with Gasteiger partial charge in [0.15, 0.2) is 0 Å². The van der Waals surface area contributed by atoms with Crippen LogP contribution in [0.25, 0.3) is 0 Å². The summed E-state index contributed by atoms with van der Waals surface area (Å²) < 4.78 is 5.72. The number of ether oxygens (including phenoxy) is 1. The van der Waals surface area contributed by atoms with Gasteiger partial charge in [-0.05, 0) is 43.5 Å². The lowest BCUT2D eigenvalue weighted by Gasteiger charge is -2.16. The van der Waals surface area contributed by atoms with Gasteiger partial charge in [0.05, 0.1) is 12.2 Å². The molecule has 0 spiro atoms. The van der Waals surface area contributed by atoms with E-state index < -0.39 is 5.97 Å². The van der Waals surface area contributed by atoms with Crippen molar-refractivity contribution in [2.24, 2.45) is 0 Å². The van der Waals surface area contributed by atoms with Gasteiger partial charge < -0.3 is 4.74 Å². The van der Waals surface area contributed by atoms with Crippen LogP contribution in [0.2, 0.25) is 0 Å². The lowest BCUT2D eigenvalue weighted by atomic mass is 9.99. The molecule has 0 atom stereocenters. The smallest absolute Gasteiger partial charge is 0.373 e. The second-order valence-electron chi connectivity index (χ2n) is 8.11. The molecule has 1 aromatic rings. The van der Waals surface area contributed by atoms with Crippen LogP contribution in [0.4, 0.5) is 0 Å². The minimum absolute atomic E-state index is 0.446. The van der Waals surface area contributed by atoms with Gasteiger partial charge in [0.1, 0.15) is 11.9 Å². The minimum Gasteiger partial charge on any atom is -0.494 e. The fourth-order valence-electron chi connectivity index (χ4n) is 3.64. The van der Waals surface area contributed by atoms with E-state index in [4.69, 9.17) is 14.5 Å². The highest BCUT2D eigenvalue weighted by Crippen LogP contribution is 2.24. The summed E-state index contributed by atoms with van der Waals surface area (Å²) in [6.07, 6.45) is 18.7. The van der Waals surface area contributed by atoms with Crippen LogP contribution in [-0.2, 0) is 9.78 Å². The molecule has 0 heterocycles. The van der Waals surface area contributed by atoms with Crippen LogP contribution in [0.3, 0.4) is 0 Å². The van der Waals surface area contributed by atoms with Gasteiger partial charge in [0.2, 0.25) is 0 Å². The third-order valence-electron chi connectivity index (χ3n) is 5.50. The van der Waals surface area contributed by atoms with E-state index >= 15 is 0 Å². The highest BCUT2D eigenvalue weighted by molar-refractivity contribution is 5.89. The van der Waals surface area contributed by atoms with E-state index in [0.717, 1.165) is 44.0 Å². The Labute approximate surface area is 177 Å². The monoisotopic (exact) mass is 403 g/mol. The lowest BCUT2D eigenvalue weighted by Crippen LogP contribution is -2.11. The molecule has 163 valence electrons. The summed E-state index contributed by atoms with van der Waals surface area (Å²) in [5.74, 6) is 0.339. The first-order valence-corrected chi connectivity index (χ1v) is 11.8. The SMILES string of the molecule is CCCCCCOc1ccc(C(=O)OO[C]2CCCCCCCCCCC2)cc1. The summed E-state index contributed by atoms with van der Waals surface area (Å²) in [4.78, 5) is 22.9. The molecule has 1 aliphatic carbocycles. The molecule has 0 unspecified atom stereocenters. The molecule has 4 nitrogen and oxygen atoms in total. The Hall–Kier alpha value is -1.55. The largest absolute Gasteiger partial charge is 0.494 e. The quantitative estimate of drug-likeness (QED) is 0.242. The number of carbonyl (C=O) groups is 1. The Balaban J connectivity index is 1.71. The van der Waals surface area contributed by atoms with E-state index in [1.54, 1.807) is 12.1 Å². The fraction of sp³-hybridized carbons (Fsp3) is 0.680. The second-order valence-corrected chi connectivity index (χ2v) is 8.11. The van der Waals surface area contributed by atoms with Crippen molar-refractivity contribution in [3.63, 3.8) is 0 Å². The van der Waals surface area contributed by atoms with Crippen molar-refractivity contribution >= 4 is 5.97 Å². The third-order valence-corrected chi connectivity index (χ3v) is 5.50. The average molecular weight is 404 g/mol. The van der Waals surface area contributed by atoms with Crippen molar-refractivity contribution in [1.82, 2.24) is 0 Å². The van der Waals surface area contributed by atoms with Gasteiger partial charge >= 0.3 is 5.97 Å². The lowest BCUT2D eigenvalue weighted by molar-refractivity contribution is -0.237. The van der Waals surface area contributed by atoms with Gasteiger partial charge in [-0.15, -0.1) is 0 Å². The van der Waals surface area contributed by atoms with E-state index in [0.29, 0.717) is 12.2 Å². The molecule has 1 radical (unpaired) electrons. The van der Waals surface area contributed by atoms with Crippen LogP contribution in [-0.4, -0.2) is 12.6 Å². The summed E-state index contributed by atoms with van der Waals surface area (Å²) in [6.45, 7) is 2.91. The Morgan fingerprint density at radius 3 is 1.97 bits per heavy atom. The van der Waals surface area contributed by atoms with E-state index in [1.165, 1.54) is 64.2 Å². The van der Waals surface area contributed by atoms with Gasteiger partial charge in [-0.3, -0.25) is 4.89 Å². The standard InChI is InChI=1S/C25H39O4/c1-2-3-4-14-21-27-23-19-17-22(18-20-23)25(26)29-28-24-15-12-10-8-6-5-7-9-11-13-16-24/h17-20H,2-16,21H2,1H3.